The second-order valence-corrected chi connectivity index (χ2v) is 7.95. The molecule has 0 fully saturated rings. The number of nitrogen functional groups attached to an aromatic ring is 1. The van der Waals surface area contributed by atoms with Gasteiger partial charge in [0.25, 0.3) is 10.0 Å². The highest BCUT2D eigenvalue weighted by molar-refractivity contribution is 7.89. The number of anilines is 1. The SMILES string of the molecule is Cl.Nc1ccc2c(c1)CCCC2NS(=O)(=O)c1cnc2n1CCC2. The maximum absolute atomic E-state index is 12.8. The molecule has 0 spiro atoms. The van der Waals surface area contributed by atoms with Crippen molar-refractivity contribution in [3.63, 3.8) is 0 Å². The molecule has 0 saturated carbocycles. The zero-order valence-corrected chi connectivity index (χ0v) is 14.9. The van der Waals surface area contributed by atoms with E-state index in [4.69, 9.17) is 5.73 Å². The Morgan fingerprint density at radius 1 is 1.25 bits per heavy atom. The lowest BCUT2D eigenvalue weighted by Gasteiger charge is -2.26. The average Bonchev–Trinajstić information content (AvgIpc) is 3.09. The first-order valence-electron chi connectivity index (χ1n) is 7.99. The molecule has 1 atom stereocenters. The minimum absolute atomic E-state index is 0. The van der Waals surface area contributed by atoms with Gasteiger partial charge in [-0.15, -0.1) is 12.4 Å². The highest BCUT2D eigenvalue weighted by Gasteiger charge is 2.30. The Morgan fingerprint density at radius 3 is 2.92 bits per heavy atom. The first-order valence-corrected chi connectivity index (χ1v) is 9.48. The molecule has 2 heterocycles. The van der Waals surface area contributed by atoms with Crippen LogP contribution in [0.4, 0.5) is 5.69 Å². The van der Waals surface area contributed by atoms with E-state index in [1.54, 1.807) is 0 Å². The van der Waals surface area contributed by atoms with E-state index in [0.29, 0.717) is 0 Å². The van der Waals surface area contributed by atoms with Gasteiger partial charge in [-0.2, -0.15) is 0 Å². The van der Waals surface area contributed by atoms with Crippen LogP contribution in [0.25, 0.3) is 0 Å². The molecule has 8 heteroatoms. The van der Waals surface area contributed by atoms with E-state index in [2.05, 4.69) is 9.71 Å². The maximum atomic E-state index is 12.8. The highest BCUT2D eigenvalue weighted by Crippen LogP contribution is 2.32. The zero-order valence-electron chi connectivity index (χ0n) is 13.2. The van der Waals surface area contributed by atoms with Crippen molar-refractivity contribution < 1.29 is 8.42 Å². The molecule has 1 aromatic heterocycles. The molecule has 0 bridgehead atoms. The van der Waals surface area contributed by atoms with Crippen LogP contribution in [0.3, 0.4) is 0 Å². The number of imidazole rings is 1. The van der Waals surface area contributed by atoms with Crippen molar-refractivity contribution in [2.24, 2.45) is 0 Å². The van der Waals surface area contributed by atoms with Crippen LogP contribution < -0.4 is 10.5 Å². The minimum Gasteiger partial charge on any atom is -0.399 e. The molecular formula is C16H21ClN4O2S. The highest BCUT2D eigenvalue weighted by atomic mass is 35.5. The molecule has 0 amide bonds. The zero-order chi connectivity index (χ0) is 16.0. The second kappa shape index (κ2) is 6.38. The van der Waals surface area contributed by atoms with E-state index < -0.39 is 10.0 Å². The van der Waals surface area contributed by atoms with Crippen LogP contribution in [0.2, 0.25) is 0 Å². The van der Waals surface area contributed by atoms with Crippen LogP contribution in [-0.4, -0.2) is 18.0 Å². The molecule has 1 unspecified atom stereocenters. The van der Waals surface area contributed by atoms with Crippen LogP contribution in [0, 0.1) is 0 Å². The first-order chi connectivity index (χ1) is 11.0. The number of hydrogen-bond donors (Lipinski definition) is 2. The van der Waals surface area contributed by atoms with E-state index >= 15 is 0 Å². The topological polar surface area (TPSA) is 90.0 Å². The summed E-state index contributed by atoms with van der Waals surface area (Å²) in [5.41, 5.74) is 8.74. The van der Waals surface area contributed by atoms with Crippen LogP contribution in [0.1, 0.15) is 42.3 Å². The number of nitrogens with two attached hydrogens (primary N) is 1. The van der Waals surface area contributed by atoms with Gasteiger partial charge >= 0.3 is 0 Å². The fourth-order valence-corrected chi connectivity index (χ4v) is 5.07. The Labute approximate surface area is 147 Å². The third-order valence-corrected chi connectivity index (χ3v) is 6.21. The largest absolute Gasteiger partial charge is 0.399 e. The lowest BCUT2D eigenvalue weighted by atomic mass is 9.88. The van der Waals surface area contributed by atoms with Crippen LogP contribution in [0.5, 0.6) is 0 Å². The van der Waals surface area contributed by atoms with Gasteiger partial charge in [-0.25, -0.2) is 18.1 Å². The van der Waals surface area contributed by atoms with Crippen LogP contribution in [0.15, 0.2) is 29.4 Å². The molecule has 2 aromatic rings. The predicted octanol–water partition coefficient (Wildman–Crippen LogP) is 2.19. The van der Waals surface area contributed by atoms with Gasteiger partial charge in [-0.05, 0) is 48.9 Å². The minimum atomic E-state index is -3.58. The number of sulfonamides is 1. The summed E-state index contributed by atoms with van der Waals surface area (Å²) in [5, 5.41) is 0.285. The summed E-state index contributed by atoms with van der Waals surface area (Å²) >= 11 is 0. The van der Waals surface area contributed by atoms with Gasteiger partial charge in [0.2, 0.25) is 0 Å². The number of benzene rings is 1. The van der Waals surface area contributed by atoms with Gasteiger partial charge in [0, 0.05) is 24.7 Å². The number of hydrogen-bond acceptors (Lipinski definition) is 4. The van der Waals surface area contributed by atoms with Crippen molar-refractivity contribution in [1.29, 1.82) is 0 Å². The van der Waals surface area contributed by atoms with E-state index in [1.165, 1.54) is 6.20 Å². The third kappa shape index (κ3) is 2.92. The number of aryl methyl sites for hydroxylation is 2. The van der Waals surface area contributed by atoms with Gasteiger partial charge in [-0.3, -0.25) is 0 Å². The normalized spacial score (nSPS) is 19.4. The lowest BCUT2D eigenvalue weighted by Crippen LogP contribution is -2.32. The molecule has 6 nitrogen and oxygen atoms in total. The van der Waals surface area contributed by atoms with Gasteiger partial charge in [0.05, 0.1) is 6.20 Å². The summed E-state index contributed by atoms with van der Waals surface area (Å²) in [4.78, 5) is 4.24. The summed E-state index contributed by atoms with van der Waals surface area (Å²) in [5.74, 6) is 0.863. The molecule has 4 rings (SSSR count). The van der Waals surface area contributed by atoms with E-state index in [0.717, 1.165) is 61.3 Å². The third-order valence-electron chi connectivity index (χ3n) is 4.74. The Morgan fingerprint density at radius 2 is 2.08 bits per heavy atom. The van der Waals surface area contributed by atoms with Crippen molar-refractivity contribution in [2.45, 2.75) is 49.7 Å². The molecule has 0 radical (unpaired) electrons. The summed E-state index contributed by atoms with van der Waals surface area (Å²) in [6.45, 7) is 0.726. The second-order valence-electron chi connectivity index (χ2n) is 6.29. The molecule has 0 saturated heterocycles. The molecule has 1 aromatic carbocycles. The van der Waals surface area contributed by atoms with Gasteiger partial charge in [-0.1, -0.05) is 6.07 Å². The number of halogens is 1. The van der Waals surface area contributed by atoms with Crippen molar-refractivity contribution in [2.75, 3.05) is 5.73 Å². The average molecular weight is 369 g/mol. The number of nitrogens with one attached hydrogen (secondary N) is 1. The Hall–Kier alpha value is -1.57. The maximum Gasteiger partial charge on any atom is 0.258 e. The summed E-state index contributed by atoms with van der Waals surface area (Å²) in [7, 11) is -3.58. The monoisotopic (exact) mass is 368 g/mol. The molecular weight excluding hydrogens is 348 g/mol. The van der Waals surface area contributed by atoms with E-state index in [1.807, 2.05) is 22.8 Å². The molecule has 1 aliphatic heterocycles. The Kier molecular flexibility index (Phi) is 4.59. The smallest absolute Gasteiger partial charge is 0.258 e. The van der Waals surface area contributed by atoms with Gasteiger partial charge in [0.15, 0.2) is 5.03 Å². The Balaban J connectivity index is 0.00000169. The molecule has 3 N–H and O–H groups in total. The van der Waals surface area contributed by atoms with Gasteiger partial charge in [0.1, 0.15) is 5.82 Å². The number of nitrogens with zero attached hydrogens (tertiary/aromatic N) is 2. The quantitative estimate of drug-likeness (QED) is 0.812. The Bertz CT molecular complexity index is 863. The predicted molar refractivity (Wildman–Crippen MR) is 94.7 cm³/mol. The molecule has 24 heavy (non-hydrogen) atoms. The number of fused-ring (bicyclic) bond motifs is 2. The fraction of sp³-hybridized carbons (Fsp3) is 0.438. The fourth-order valence-electron chi connectivity index (χ4n) is 3.65. The van der Waals surface area contributed by atoms with Crippen LogP contribution in [-0.2, 0) is 29.4 Å². The van der Waals surface area contributed by atoms with Gasteiger partial charge < -0.3 is 10.3 Å². The number of aromatic nitrogens is 2. The lowest BCUT2D eigenvalue weighted by molar-refractivity contribution is 0.501. The van der Waals surface area contributed by atoms with Crippen molar-refractivity contribution in [3.8, 4) is 0 Å². The van der Waals surface area contributed by atoms with Crippen molar-refractivity contribution in [1.82, 2.24) is 14.3 Å². The summed E-state index contributed by atoms with van der Waals surface area (Å²) < 4.78 is 30.3. The van der Waals surface area contributed by atoms with E-state index in [-0.39, 0.29) is 23.5 Å². The standard InChI is InChI=1S/C16H20N4O2S.ClH/c17-12-6-7-13-11(9-12)3-1-4-14(13)19-23(21,22)16-10-18-15-5-2-8-20(15)16;/h6-7,9-10,14,19H,1-5,8,17H2;1H. The van der Waals surface area contributed by atoms with Crippen molar-refractivity contribution in [3.05, 3.63) is 41.3 Å². The van der Waals surface area contributed by atoms with Crippen LogP contribution >= 0.6 is 12.4 Å². The number of rotatable bonds is 3. The van der Waals surface area contributed by atoms with Crippen molar-refractivity contribution >= 4 is 28.1 Å². The first kappa shape index (κ1) is 17.3. The molecule has 1 aliphatic carbocycles. The molecule has 2 aliphatic rings. The van der Waals surface area contributed by atoms with E-state index in [9.17, 15) is 8.42 Å². The summed E-state index contributed by atoms with van der Waals surface area (Å²) in [6, 6.07) is 5.53. The molecule has 130 valence electrons. The summed E-state index contributed by atoms with van der Waals surface area (Å²) in [6.07, 6.45) is 5.98.